The first-order valence-corrected chi connectivity index (χ1v) is 10.3. The highest BCUT2D eigenvalue weighted by molar-refractivity contribution is 6.30. The van der Waals surface area contributed by atoms with E-state index in [1.54, 1.807) is 0 Å². The lowest BCUT2D eigenvalue weighted by atomic mass is 10.1. The molecular weight excluding hydrogens is 346 g/mol. The van der Waals surface area contributed by atoms with Crippen molar-refractivity contribution >= 4 is 23.2 Å². The second kappa shape index (κ2) is 9.47. The Morgan fingerprint density at radius 2 is 2.04 bits per heavy atom. The molecule has 6 heteroatoms. The quantitative estimate of drug-likeness (QED) is 0.632. The number of anilines is 1. The van der Waals surface area contributed by atoms with Crippen LogP contribution >= 0.6 is 11.6 Å². The fraction of sp³-hybridized carbons (Fsp3) is 0.650. The number of hydrogen-bond donors (Lipinski definition) is 1. The highest BCUT2D eigenvalue weighted by Crippen LogP contribution is 2.21. The van der Waals surface area contributed by atoms with Gasteiger partial charge < -0.3 is 20.0 Å². The Labute approximate surface area is 163 Å². The zero-order chi connectivity index (χ0) is 18.4. The van der Waals surface area contributed by atoms with Crippen LogP contribution in [0.4, 0.5) is 5.69 Å². The van der Waals surface area contributed by atoms with E-state index < -0.39 is 0 Å². The van der Waals surface area contributed by atoms with E-state index in [2.05, 4.69) is 38.0 Å². The number of rotatable bonds is 5. The van der Waals surface area contributed by atoms with Crippen LogP contribution < -0.4 is 10.2 Å². The van der Waals surface area contributed by atoms with Crippen molar-refractivity contribution in [3.8, 4) is 0 Å². The van der Waals surface area contributed by atoms with E-state index in [1.165, 1.54) is 38.2 Å². The van der Waals surface area contributed by atoms with Gasteiger partial charge in [0.15, 0.2) is 5.96 Å². The molecule has 0 radical (unpaired) electrons. The Balaban J connectivity index is 1.45. The molecule has 1 unspecified atom stereocenters. The largest absolute Gasteiger partial charge is 0.368 e. The zero-order valence-electron chi connectivity index (χ0n) is 16.1. The molecule has 1 N–H and O–H groups in total. The molecule has 0 aliphatic carbocycles. The van der Waals surface area contributed by atoms with E-state index in [0.717, 1.165) is 49.6 Å². The normalized spacial score (nSPS) is 22.1. The Morgan fingerprint density at radius 1 is 1.23 bits per heavy atom. The highest BCUT2D eigenvalue weighted by atomic mass is 35.5. The van der Waals surface area contributed by atoms with Gasteiger partial charge in [-0.15, -0.1) is 0 Å². The molecule has 1 atom stereocenters. The minimum Gasteiger partial charge on any atom is -0.368 e. The molecule has 0 saturated carbocycles. The summed E-state index contributed by atoms with van der Waals surface area (Å²) in [7, 11) is 1.89. The summed E-state index contributed by atoms with van der Waals surface area (Å²) < 4.78 is 0. The maximum atomic E-state index is 6.13. The van der Waals surface area contributed by atoms with Gasteiger partial charge in [-0.25, -0.2) is 0 Å². The fourth-order valence-corrected chi connectivity index (χ4v) is 4.20. The van der Waals surface area contributed by atoms with Gasteiger partial charge in [0.05, 0.1) is 0 Å². The molecule has 2 heterocycles. The number of guanidine groups is 1. The van der Waals surface area contributed by atoms with Crippen LogP contribution in [-0.4, -0.2) is 75.2 Å². The minimum absolute atomic E-state index is 0.742. The molecule has 26 heavy (non-hydrogen) atoms. The number of likely N-dealkylation sites (tertiary alicyclic amines) is 1. The lowest BCUT2D eigenvalue weighted by molar-refractivity contribution is 0.322. The van der Waals surface area contributed by atoms with E-state index in [1.807, 2.05) is 25.2 Å². The van der Waals surface area contributed by atoms with Crippen molar-refractivity contribution < 1.29 is 0 Å². The summed E-state index contributed by atoms with van der Waals surface area (Å²) in [5.41, 5.74) is 1.21. The summed E-state index contributed by atoms with van der Waals surface area (Å²) in [6.45, 7) is 11.0. The summed E-state index contributed by atoms with van der Waals surface area (Å²) >= 11 is 6.13. The van der Waals surface area contributed by atoms with Gasteiger partial charge in [0.2, 0.25) is 0 Å². The molecule has 2 aliphatic rings. The van der Waals surface area contributed by atoms with Crippen LogP contribution in [0.1, 0.15) is 19.8 Å². The van der Waals surface area contributed by atoms with Crippen LogP contribution in [0.3, 0.4) is 0 Å². The van der Waals surface area contributed by atoms with E-state index in [0.29, 0.717) is 0 Å². The third-order valence-corrected chi connectivity index (χ3v) is 5.66. The minimum atomic E-state index is 0.742. The molecule has 2 aliphatic heterocycles. The van der Waals surface area contributed by atoms with E-state index in [-0.39, 0.29) is 0 Å². The van der Waals surface area contributed by atoms with Gasteiger partial charge in [-0.2, -0.15) is 0 Å². The van der Waals surface area contributed by atoms with Crippen molar-refractivity contribution in [1.82, 2.24) is 15.1 Å². The fourth-order valence-electron chi connectivity index (χ4n) is 4.02. The lowest BCUT2D eigenvalue weighted by Gasteiger charge is -2.38. The predicted molar refractivity (Wildman–Crippen MR) is 111 cm³/mol. The van der Waals surface area contributed by atoms with Gasteiger partial charge in [0.1, 0.15) is 0 Å². The molecule has 2 saturated heterocycles. The summed E-state index contributed by atoms with van der Waals surface area (Å²) in [5, 5.41) is 4.42. The molecule has 5 nitrogen and oxygen atoms in total. The summed E-state index contributed by atoms with van der Waals surface area (Å²) in [6.07, 6.45) is 2.55. The Kier molecular flexibility index (Phi) is 7.03. The van der Waals surface area contributed by atoms with Crippen molar-refractivity contribution in [1.29, 1.82) is 0 Å². The standard InChI is InChI=1S/C20H32ClN5/c1-3-8-24-9-7-17(16-24)15-23-20(22-2)26-12-10-25(11-13-26)19-6-4-5-18(21)14-19/h4-6,14,17H,3,7-13,15-16H2,1-2H3,(H,22,23). The van der Waals surface area contributed by atoms with Gasteiger partial charge in [-0.3, -0.25) is 4.99 Å². The van der Waals surface area contributed by atoms with Gasteiger partial charge in [0, 0.05) is 57.0 Å². The molecule has 0 bridgehead atoms. The SMILES string of the molecule is CCCN1CCC(CNC(=NC)N2CCN(c3cccc(Cl)c3)CC2)C1. The molecule has 0 amide bonds. The van der Waals surface area contributed by atoms with Gasteiger partial charge in [0.25, 0.3) is 0 Å². The highest BCUT2D eigenvalue weighted by Gasteiger charge is 2.24. The first kappa shape index (κ1) is 19.3. The average molecular weight is 378 g/mol. The molecular formula is C20H32ClN5. The number of hydrogen-bond acceptors (Lipinski definition) is 3. The molecule has 2 fully saturated rings. The monoisotopic (exact) mass is 377 g/mol. The zero-order valence-corrected chi connectivity index (χ0v) is 16.9. The predicted octanol–water partition coefficient (Wildman–Crippen LogP) is 2.77. The third-order valence-electron chi connectivity index (χ3n) is 5.42. The maximum Gasteiger partial charge on any atom is 0.193 e. The molecule has 1 aromatic carbocycles. The van der Waals surface area contributed by atoms with Gasteiger partial charge in [-0.05, 0) is 50.0 Å². The number of nitrogens with zero attached hydrogens (tertiary/aromatic N) is 4. The second-order valence-corrected chi connectivity index (χ2v) is 7.77. The van der Waals surface area contributed by atoms with Crippen LogP contribution in [0, 0.1) is 5.92 Å². The Morgan fingerprint density at radius 3 is 2.73 bits per heavy atom. The summed E-state index contributed by atoms with van der Waals surface area (Å²) in [5.74, 6) is 1.79. The summed E-state index contributed by atoms with van der Waals surface area (Å²) in [6, 6.07) is 8.13. The molecule has 0 aromatic heterocycles. The lowest BCUT2D eigenvalue weighted by Crippen LogP contribution is -2.53. The first-order chi connectivity index (χ1) is 12.7. The van der Waals surface area contributed by atoms with Gasteiger partial charge >= 0.3 is 0 Å². The summed E-state index contributed by atoms with van der Waals surface area (Å²) in [4.78, 5) is 11.9. The van der Waals surface area contributed by atoms with Crippen molar-refractivity contribution in [2.75, 3.05) is 64.3 Å². The smallest absolute Gasteiger partial charge is 0.193 e. The van der Waals surface area contributed by atoms with Gasteiger partial charge in [-0.1, -0.05) is 24.6 Å². The van der Waals surface area contributed by atoms with Crippen molar-refractivity contribution in [3.05, 3.63) is 29.3 Å². The molecule has 1 aromatic rings. The van der Waals surface area contributed by atoms with Crippen LogP contribution in [0.5, 0.6) is 0 Å². The second-order valence-electron chi connectivity index (χ2n) is 7.34. The van der Waals surface area contributed by atoms with E-state index in [9.17, 15) is 0 Å². The number of benzene rings is 1. The van der Waals surface area contributed by atoms with Crippen molar-refractivity contribution in [3.63, 3.8) is 0 Å². The number of halogens is 1. The molecule has 144 valence electrons. The average Bonchev–Trinajstić information content (AvgIpc) is 3.11. The Bertz CT molecular complexity index is 598. The molecule has 3 rings (SSSR count). The van der Waals surface area contributed by atoms with Crippen LogP contribution in [0.25, 0.3) is 0 Å². The number of piperazine rings is 1. The van der Waals surface area contributed by atoms with Crippen molar-refractivity contribution in [2.45, 2.75) is 19.8 Å². The van der Waals surface area contributed by atoms with Crippen LogP contribution in [-0.2, 0) is 0 Å². The third kappa shape index (κ3) is 5.04. The first-order valence-electron chi connectivity index (χ1n) is 9.88. The molecule has 0 spiro atoms. The topological polar surface area (TPSA) is 34.1 Å². The Hall–Kier alpha value is -1.46. The number of nitrogens with one attached hydrogen (secondary N) is 1. The number of aliphatic imine (C=N–C) groups is 1. The van der Waals surface area contributed by atoms with E-state index in [4.69, 9.17) is 11.6 Å². The maximum absolute atomic E-state index is 6.13. The van der Waals surface area contributed by atoms with Crippen LogP contribution in [0.2, 0.25) is 5.02 Å². The van der Waals surface area contributed by atoms with E-state index >= 15 is 0 Å². The van der Waals surface area contributed by atoms with Crippen LogP contribution in [0.15, 0.2) is 29.3 Å². The van der Waals surface area contributed by atoms with Crippen molar-refractivity contribution in [2.24, 2.45) is 10.9 Å².